The maximum absolute atomic E-state index is 11.1. The third-order valence-corrected chi connectivity index (χ3v) is 4.15. The first-order valence-electron chi connectivity index (χ1n) is 7.85. The normalized spacial score (nSPS) is 17.0. The lowest BCUT2D eigenvalue weighted by atomic mass is 10.0. The predicted molar refractivity (Wildman–Crippen MR) is 90.4 cm³/mol. The molecule has 0 amide bonds. The first kappa shape index (κ1) is 15.3. The third kappa shape index (κ3) is 3.29. The van der Waals surface area contributed by atoms with Crippen molar-refractivity contribution in [1.82, 2.24) is 0 Å². The fourth-order valence-corrected chi connectivity index (χ4v) is 2.76. The van der Waals surface area contributed by atoms with Gasteiger partial charge >= 0.3 is 5.97 Å². The van der Waals surface area contributed by atoms with E-state index in [0.29, 0.717) is 11.5 Å². The van der Waals surface area contributed by atoms with E-state index in [1.165, 1.54) is 5.56 Å². The Morgan fingerprint density at radius 2 is 1.91 bits per heavy atom. The molecular formula is C20H20O3. The number of aromatic carboxylic acids is 1. The van der Waals surface area contributed by atoms with Crippen molar-refractivity contribution in [2.75, 3.05) is 0 Å². The smallest absolute Gasteiger partial charge is 0.335 e. The van der Waals surface area contributed by atoms with Gasteiger partial charge in [-0.1, -0.05) is 50.2 Å². The number of rotatable bonds is 4. The van der Waals surface area contributed by atoms with Crippen LogP contribution in [0.25, 0.3) is 5.76 Å². The zero-order valence-electron chi connectivity index (χ0n) is 13.3. The van der Waals surface area contributed by atoms with Gasteiger partial charge in [-0.3, -0.25) is 0 Å². The van der Waals surface area contributed by atoms with Gasteiger partial charge in [-0.15, -0.1) is 0 Å². The molecule has 0 radical (unpaired) electrons. The summed E-state index contributed by atoms with van der Waals surface area (Å²) >= 11 is 0. The van der Waals surface area contributed by atoms with Crippen LogP contribution in [-0.4, -0.2) is 11.1 Å². The second kappa shape index (κ2) is 6.29. The molecule has 0 spiro atoms. The lowest BCUT2D eigenvalue weighted by Gasteiger charge is -2.15. The summed E-state index contributed by atoms with van der Waals surface area (Å²) in [6.07, 6.45) is 2.71. The van der Waals surface area contributed by atoms with Gasteiger partial charge in [-0.2, -0.15) is 0 Å². The molecule has 23 heavy (non-hydrogen) atoms. The van der Waals surface area contributed by atoms with E-state index < -0.39 is 5.97 Å². The van der Waals surface area contributed by atoms with Crippen LogP contribution in [0.5, 0.6) is 0 Å². The summed E-state index contributed by atoms with van der Waals surface area (Å²) in [5.74, 6) is 0.461. The summed E-state index contributed by atoms with van der Waals surface area (Å²) in [6.45, 7) is 4.34. The zero-order valence-corrected chi connectivity index (χ0v) is 13.3. The lowest BCUT2D eigenvalue weighted by molar-refractivity contribution is 0.0696. The number of carbonyl (C=O) groups is 1. The molecular weight excluding hydrogens is 288 g/mol. The first-order valence-corrected chi connectivity index (χ1v) is 7.85. The van der Waals surface area contributed by atoms with Crippen molar-refractivity contribution in [1.29, 1.82) is 0 Å². The van der Waals surface area contributed by atoms with E-state index in [2.05, 4.69) is 44.2 Å². The van der Waals surface area contributed by atoms with Crippen molar-refractivity contribution in [3.8, 4) is 0 Å². The van der Waals surface area contributed by atoms with Gasteiger partial charge in [0.15, 0.2) is 0 Å². The van der Waals surface area contributed by atoms with Gasteiger partial charge in [0.05, 0.1) is 5.56 Å². The average Bonchev–Trinajstić information content (AvgIpc) is 3.05. The molecule has 3 heteroatoms. The van der Waals surface area contributed by atoms with Crippen molar-refractivity contribution in [2.24, 2.45) is 0 Å². The minimum Gasteiger partial charge on any atom is -0.485 e. The van der Waals surface area contributed by atoms with Crippen LogP contribution in [0.3, 0.4) is 0 Å². The molecule has 0 saturated carbocycles. The Kier molecular flexibility index (Phi) is 4.20. The largest absolute Gasteiger partial charge is 0.485 e. The summed E-state index contributed by atoms with van der Waals surface area (Å²) in [5.41, 5.74) is 3.56. The highest BCUT2D eigenvalue weighted by atomic mass is 16.5. The molecule has 0 aliphatic carbocycles. The highest BCUT2D eigenvalue weighted by molar-refractivity contribution is 5.87. The minimum absolute atomic E-state index is 0.117. The summed E-state index contributed by atoms with van der Waals surface area (Å²) in [7, 11) is 0. The van der Waals surface area contributed by atoms with Gasteiger partial charge in [0, 0.05) is 12.0 Å². The number of carboxylic acids is 1. The Morgan fingerprint density at radius 3 is 2.57 bits per heavy atom. The van der Waals surface area contributed by atoms with Gasteiger partial charge < -0.3 is 9.84 Å². The number of benzene rings is 2. The lowest BCUT2D eigenvalue weighted by Crippen LogP contribution is -2.01. The maximum Gasteiger partial charge on any atom is 0.335 e. The molecule has 3 nitrogen and oxygen atoms in total. The molecule has 118 valence electrons. The van der Waals surface area contributed by atoms with Crippen molar-refractivity contribution in [2.45, 2.75) is 32.3 Å². The molecule has 1 N–H and O–H groups in total. The molecule has 1 aliphatic rings. The molecule has 0 fully saturated rings. The summed E-state index contributed by atoms with van der Waals surface area (Å²) in [5, 5.41) is 9.10. The molecule has 3 rings (SSSR count). The second-order valence-corrected chi connectivity index (χ2v) is 6.12. The van der Waals surface area contributed by atoms with E-state index >= 15 is 0 Å². The fraction of sp³-hybridized carbons (Fsp3) is 0.250. The minimum atomic E-state index is -0.915. The number of ether oxygens (including phenoxy) is 1. The standard InChI is InChI=1S/C20H20O3/c1-13(2)14-6-8-15(9-7-14)18-10-11-19(23-18)16-4-3-5-17(12-16)20(21)22/h3-10,12-13,19H,11H2,1-2H3,(H,21,22). The zero-order chi connectivity index (χ0) is 16.4. The Labute approximate surface area is 136 Å². The second-order valence-electron chi connectivity index (χ2n) is 6.12. The van der Waals surface area contributed by atoms with Crippen LogP contribution in [0.2, 0.25) is 0 Å². The fourth-order valence-electron chi connectivity index (χ4n) is 2.76. The van der Waals surface area contributed by atoms with E-state index in [1.807, 2.05) is 6.07 Å². The molecule has 1 atom stereocenters. The SMILES string of the molecule is CC(C)c1ccc(C2=CCC(c3cccc(C(=O)O)c3)O2)cc1. The van der Waals surface area contributed by atoms with Gasteiger partial charge in [-0.05, 0) is 35.3 Å². The topological polar surface area (TPSA) is 46.5 Å². The average molecular weight is 308 g/mol. The molecule has 0 saturated heterocycles. The molecule has 1 heterocycles. The van der Waals surface area contributed by atoms with Crippen molar-refractivity contribution >= 4 is 11.7 Å². The Bertz CT molecular complexity index is 742. The van der Waals surface area contributed by atoms with Crippen molar-refractivity contribution < 1.29 is 14.6 Å². The van der Waals surface area contributed by atoms with Crippen molar-refractivity contribution in [3.05, 3.63) is 76.9 Å². The van der Waals surface area contributed by atoms with E-state index in [0.717, 1.165) is 23.3 Å². The van der Waals surface area contributed by atoms with Gasteiger partial charge in [0.1, 0.15) is 11.9 Å². The van der Waals surface area contributed by atoms with Crippen LogP contribution in [0, 0.1) is 0 Å². The Morgan fingerprint density at radius 1 is 1.17 bits per heavy atom. The maximum atomic E-state index is 11.1. The third-order valence-electron chi connectivity index (χ3n) is 4.15. The summed E-state index contributed by atoms with van der Waals surface area (Å²) in [6, 6.07) is 15.4. The molecule has 0 aromatic heterocycles. The van der Waals surface area contributed by atoms with Crippen molar-refractivity contribution in [3.63, 3.8) is 0 Å². The van der Waals surface area contributed by atoms with E-state index in [9.17, 15) is 4.79 Å². The van der Waals surface area contributed by atoms with Gasteiger partial charge in [0.2, 0.25) is 0 Å². The highest BCUT2D eigenvalue weighted by Crippen LogP contribution is 2.36. The number of hydrogen-bond donors (Lipinski definition) is 1. The number of carboxylic acid groups (broad SMARTS) is 1. The molecule has 0 bridgehead atoms. The van der Waals surface area contributed by atoms with Crippen LogP contribution >= 0.6 is 0 Å². The highest BCUT2D eigenvalue weighted by Gasteiger charge is 2.22. The van der Waals surface area contributed by atoms with Crippen LogP contribution in [0.15, 0.2) is 54.6 Å². The van der Waals surface area contributed by atoms with E-state index in [-0.39, 0.29) is 6.10 Å². The van der Waals surface area contributed by atoms with Crippen LogP contribution in [0.1, 0.15) is 59.3 Å². The summed E-state index contributed by atoms with van der Waals surface area (Å²) < 4.78 is 6.04. The van der Waals surface area contributed by atoms with Gasteiger partial charge in [0.25, 0.3) is 0 Å². The van der Waals surface area contributed by atoms with Crippen LogP contribution < -0.4 is 0 Å². The molecule has 1 aliphatic heterocycles. The molecule has 2 aromatic rings. The Balaban J connectivity index is 1.75. The van der Waals surface area contributed by atoms with Crippen LogP contribution in [-0.2, 0) is 4.74 Å². The monoisotopic (exact) mass is 308 g/mol. The quantitative estimate of drug-likeness (QED) is 0.863. The number of hydrogen-bond acceptors (Lipinski definition) is 2. The molecule has 2 aromatic carbocycles. The van der Waals surface area contributed by atoms with E-state index in [4.69, 9.17) is 9.84 Å². The summed E-state index contributed by atoms with van der Waals surface area (Å²) in [4.78, 5) is 11.1. The van der Waals surface area contributed by atoms with E-state index in [1.54, 1.807) is 18.2 Å². The van der Waals surface area contributed by atoms with Gasteiger partial charge in [-0.25, -0.2) is 4.79 Å². The first-order chi connectivity index (χ1) is 11.0. The predicted octanol–water partition coefficient (Wildman–Crippen LogP) is 5.01. The van der Waals surface area contributed by atoms with Crippen LogP contribution in [0.4, 0.5) is 0 Å². The Hall–Kier alpha value is -2.55. The molecule has 1 unspecified atom stereocenters.